The first-order chi connectivity index (χ1) is 13.9. The molecular weight excluding hydrogens is 400 g/mol. The average Bonchev–Trinajstić information content (AvgIpc) is 2.70. The van der Waals surface area contributed by atoms with Gasteiger partial charge in [0, 0.05) is 55.4 Å². The van der Waals surface area contributed by atoms with Gasteiger partial charge in [-0.05, 0) is 73.8 Å². The SMILES string of the molecule is CC(C)=C(C(=O)CCN1CCN(c2ccc(Cl)cc2)CC1)C1=C(S)CCCC1C. The van der Waals surface area contributed by atoms with E-state index in [2.05, 4.69) is 42.7 Å². The molecular formula is C24H33ClN2OS. The van der Waals surface area contributed by atoms with Gasteiger partial charge in [0.15, 0.2) is 5.78 Å². The van der Waals surface area contributed by atoms with Crippen molar-refractivity contribution in [2.24, 2.45) is 5.92 Å². The zero-order chi connectivity index (χ0) is 21.0. The fraction of sp³-hybridized carbons (Fsp3) is 0.542. The predicted octanol–water partition coefficient (Wildman–Crippen LogP) is 5.76. The van der Waals surface area contributed by atoms with E-state index in [0.29, 0.717) is 12.3 Å². The Bertz CT molecular complexity index is 788. The van der Waals surface area contributed by atoms with Crippen LogP contribution >= 0.6 is 24.2 Å². The van der Waals surface area contributed by atoms with E-state index in [4.69, 9.17) is 24.2 Å². The van der Waals surface area contributed by atoms with Crippen molar-refractivity contribution in [2.45, 2.75) is 46.5 Å². The summed E-state index contributed by atoms with van der Waals surface area (Å²) in [4.78, 5) is 19.1. The van der Waals surface area contributed by atoms with Crippen LogP contribution in [0.1, 0.15) is 46.5 Å². The van der Waals surface area contributed by atoms with Crippen molar-refractivity contribution in [3.8, 4) is 0 Å². The summed E-state index contributed by atoms with van der Waals surface area (Å²) in [6.45, 7) is 11.1. The van der Waals surface area contributed by atoms with Crippen LogP contribution in [0.5, 0.6) is 0 Å². The first kappa shape index (κ1) is 22.5. The van der Waals surface area contributed by atoms with E-state index in [-0.39, 0.29) is 5.78 Å². The smallest absolute Gasteiger partial charge is 0.164 e. The molecule has 1 heterocycles. The van der Waals surface area contributed by atoms with Crippen LogP contribution in [0.2, 0.25) is 5.02 Å². The number of nitrogens with zero attached hydrogens (tertiary/aromatic N) is 2. The maximum atomic E-state index is 13.2. The zero-order valence-electron chi connectivity index (χ0n) is 17.9. The third kappa shape index (κ3) is 5.68. The Labute approximate surface area is 186 Å². The largest absolute Gasteiger partial charge is 0.369 e. The molecule has 29 heavy (non-hydrogen) atoms. The summed E-state index contributed by atoms with van der Waals surface area (Å²) in [5, 5.41) is 0.771. The van der Waals surface area contributed by atoms with Crippen molar-refractivity contribution < 1.29 is 4.79 Å². The normalized spacial score (nSPS) is 20.7. The minimum absolute atomic E-state index is 0.278. The Morgan fingerprint density at radius 2 is 1.79 bits per heavy atom. The molecule has 5 heteroatoms. The van der Waals surface area contributed by atoms with Gasteiger partial charge in [0.25, 0.3) is 0 Å². The number of piperazine rings is 1. The van der Waals surface area contributed by atoms with Gasteiger partial charge >= 0.3 is 0 Å². The zero-order valence-corrected chi connectivity index (χ0v) is 19.5. The van der Waals surface area contributed by atoms with Crippen LogP contribution in [0.4, 0.5) is 5.69 Å². The molecule has 0 amide bonds. The van der Waals surface area contributed by atoms with Crippen molar-refractivity contribution in [3.63, 3.8) is 0 Å². The van der Waals surface area contributed by atoms with Gasteiger partial charge in [0.1, 0.15) is 0 Å². The van der Waals surface area contributed by atoms with E-state index in [0.717, 1.165) is 66.6 Å². The molecule has 3 nitrogen and oxygen atoms in total. The maximum Gasteiger partial charge on any atom is 0.164 e. The van der Waals surface area contributed by atoms with Gasteiger partial charge in [-0.3, -0.25) is 9.69 Å². The Balaban J connectivity index is 1.56. The number of benzene rings is 1. The standard InChI is InChI=1S/C24H33ClN2OS/c1-17(2)23(24-18(3)5-4-6-22(24)29)21(28)11-12-26-13-15-27(16-14-26)20-9-7-19(25)8-10-20/h7-10,18,29H,4-6,11-16H2,1-3H3. The van der Waals surface area contributed by atoms with Crippen molar-refractivity contribution in [2.75, 3.05) is 37.6 Å². The number of carbonyl (C=O) groups is 1. The number of hydrogen-bond acceptors (Lipinski definition) is 4. The van der Waals surface area contributed by atoms with E-state index in [1.165, 1.54) is 17.7 Å². The van der Waals surface area contributed by atoms with Crippen LogP contribution < -0.4 is 4.90 Å². The van der Waals surface area contributed by atoms with E-state index >= 15 is 0 Å². The van der Waals surface area contributed by atoms with Gasteiger partial charge in [-0.1, -0.05) is 24.1 Å². The number of Topliss-reactive ketones (excluding diaryl/α,β-unsaturated/α-hetero) is 1. The van der Waals surface area contributed by atoms with Crippen molar-refractivity contribution in [1.82, 2.24) is 4.90 Å². The highest BCUT2D eigenvalue weighted by molar-refractivity contribution is 7.84. The second kappa shape index (κ2) is 10.2. The maximum absolute atomic E-state index is 13.2. The Hall–Kier alpha value is -1.23. The second-order valence-corrected chi connectivity index (χ2v) is 9.48. The number of ketones is 1. The minimum Gasteiger partial charge on any atom is -0.369 e. The highest BCUT2D eigenvalue weighted by Crippen LogP contribution is 2.38. The molecule has 0 radical (unpaired) electrons. The predicted molar refractivity (Wildman–Crippen MR) is 127 cm³/mol. The van der Waals surface area contributed by atoms with Gasteiger partial charge in [-0.25, -0.2) is 0 Å². The van der Waals surface area contributed by atoms with Gasteiger partial charge in [0.2, 0.25) is 0 Å². The molecule has 1 saturated heterocycles. The number of allylic oxidation sites excluding steroid dienone is 4. The van der Waals surface area contributed by atoms with Gasteiger partial charge in [-0.15, -0.1) is 12.6 Å². The van der Waals surface area contributed by atoms with E-state index in [1.807, 2.05) is 12.1 Å². The number of anilines is 1. The summed E-state index contributed by atoms with van der Waals surface area (Å²) in [5.74, 6) is 0.702. The molecule has 1 aromatic rings. The lowest BCUT2D eigenvalue weighted by Gasteiger charge is -2.36. The highest BCUT2D eigenvalue weighted by Gasteiger charge is 2.26. The molecule has 158 valence electrons. The molecule has 1 fully saturated rings. The van der Waals surface area contributed by atoms with Crippen LogP contribution in [-0.2, 0) is 4.79 Å². The van der Waals surface area contributed by atoms with E-state index < -0.39 is 0 Å². The summed E-state index contributed by atoms with van der Waals surface area (Å²) in [6, 6.07) is 8.05. The van der Waals surface area contributed by atoms with Gasteiger partial charge < -0.3 is 4.90 Å². The highest BCUT2D eigenvalue weighted by atomic mass is 35.5. The number of thiol groups is 1. The Morgan fingerprint density at radius 3 is 2.38 bits per heavy atom. The van der Waals surface area contributed by atoms with Gasteiger partial charge in [0.05, 0.1) is 0 Å². The first-order valence-corrected chi connectivity index (χ1v) is 11.5. The lowest BCUT2D eigenvalue weighted by Crippen LogP contribution is -2.47. The van der Waals surface area contributed by atoms with Crippen LogP contribution in [0.25, 0.3) is 0 Å². The molecule has 0 bridgehead atoms. The fourth-order valence-electron chi connectivity index (χ4n) is 4.49. The fourth-order valence-corrected chi connectivity index (χ4v) is 5.11. The summed E-state index contributed by atoms with van der Waals surface area (Å²) >= 11 is 10.7. The average molecular weight is 433 g/mol. The van der Waals surface area contributed by atoms with Crippen LogP contribution in [0.15, 0.2) is 45.9 Å². The molecule has 1 aliphatic heterocycles. The van der Waals surface area contributed by atoms with Crippen LogP contribution in [0.3, 0.4) is 0 Å². The van der Waals surface area contributed by atoms with Crippen LogP contribution in [-0.4, -0.2) is 43.4 Å². The summed E-state index contributed by atoms with van der Waals surface area (Å²) < 4.78 is 0. The molecule has 1 aromatic carbocycles. The molecule has 2 aliphatic rings. The van der Waals surface area contributed by atoms with E-state index in [9.17, 15) is 4.79 Å². The third-order valence-electron chi connectivity index (χ3n) is 6.12. The van der Waals surface area contributed by atoms with Crippen molar-refractivity contribution >= 4 is 35.7 Å². The Morgan fingerprint density at radius 1 is 1.14 bits per heavy atom. The summed E-state index contributed by atoms with van der Waals surface area (Å²) in [7, 11) is 0. The second-order valence-electron chi connectivity index (χ2n) is 8.51. The monoisotopic (exact) mass is 432 g/mol. The molecule has 0 saturated carbocycles. The topological polar surface area (TPSA) is 23.6 Å². The molecule has 0 aromatic heterocycles. The quantitative estimate of drug-likeness (QED) is 0.456. The molecule has 0 N–H and O–H groups in total. The summed E-state index contributed by atoms with van der Waals surface area (Å²) in [6.07, 6.45) is 3.90. The Kier molecular flexibility index (Phi) is 7.89. The minimum atomic E-state index is 0.278. The van der Waals surface area contributed by atoms with Crippen molar-refractivity contribution in [1.29, 1.82) is 0 Å². The lowest BCUT2D eigenvalue weighted by molar-refractivity contribution is -0.115. The van der Waals surface area contributed by atoms with Gasteiger partial charge in [-0.2, -0.15) is 0 Å². The molecule has 3 rings (SSSR count). The number of halogens is 1. The van der Waals surface area contributed by atoms with Crippen LogP contribution in [0, 0.1) is 5.92 Å². The summed E-state index contributed by atoms with van der Waals surface area (Å²) in [5.41, 5.74) is 4.49. The van der Waals surface area contributed by atoms with E-state index in [1.54, 1.807) is 0 Å². The molecule has 1 atom stereocenters. The number of hydrogen-bond donors (Lipinski definition) is 1. The third-order valence-corrected chi connectivity index (χ3v) is 6.84. The lowest BCUT2D eigenvalue weighted by atomic mass is 9.81. The van der Waals surface area contributed by atoms with Crippen molar-refractivity contribution in [3.05, 3.63) is 50.9 Å². The number of carbonyl (C=O) groups excluding carboxylic acids is 1. The number of rotatable bonds is 6. The molecule has 1 aliphatic carbocycles. The first-order valence-electron chi connectivity index (χ1n) is 10.7. The molecule has 0 spiro atoms. The molecule has 1 unspecified atom stereocenters.